The Bertz CT molecular complexity index is 925. The number of rotatable bonds is 2. The van der Waals surface area contributed by atoms with Gasteiger partial charge in [-0.1, -0.05) is 13.8 Å². The highest BCUT2D eigenvalue weighted by Gasteiger charge is 2.37. The standard InChI is InChI=1S/C21H23NO5/c1-12-18-14(23)10-21(2,3)11-17(18)27-19(12)20(24)22-13-5-6-15-16(9-13)26-8-4-7-25-15/h5-6,9H,4,7-8,10-11H2,1-3H3,(H,22,24). The zero-order valence-electron chi connectivity index (χ0n) is 15.8. The average Bonchev–Trinajstić information content (AvgIpc) is 2.77. The van der Waals surface area contributed by atoms with Gasteiger partial charge in [0, 0.05) is 36.6 Å². The van der Waals surface area contributed by atoms with Gasteiger partial charge in [-0.05, 0) is 24.5 Å². The predicted octanol–water partition coefficient (Wildman–Crippen LogP) is 4.16. The molecule has 1 aliphatic carbocycles. The summed E-state index contributed by atoms with van der Waals surface area (Å²) in [5.74, 6) is 1.75. The summed E-state index contributed by atoms with van der Waals surface area (Å²) in [5.41, 5.74) is 1.61. The van der Waals surface area contributed by atoms with Crippen LogP contribution in [0.25, 0.3) is 0 Å². The van der Waals surface area contributed by atoms with E-state index >= 15 is 0 Å². The van der Waals surface area contributed by atoms with Crippen LogP contribution in [0, 0.1) is 12.3 Å². The number of anilines is 1. The van der Waals surface area contributed by atoms with Gasteiger partial charge in [-0.2, -0.15) is 0 Å². The molecular weight excluding hydrogens is 346 g/mol. The van der Waals surface area contributed by atoms with Crippen molar-refractivity contribution in [1.29, 1.82) is 0 Å². The number of amides is 1. The van der Waals surface area contributed by atoms with Gasteiger partial charge in [0.1, 0.15) is 5.76 Å². The first-order valence-corrected chi connectivity index (χ1v) is 9.20. The molecule has 1 N–H and O–H groups in total. The summed E-state index contributed by atoms with van der Waals surface area (Å²) in [5, 5.41) is 2.83. The molecule has 6 heteroatoms. The van der Waals surface area contributed by atoms with Crippen LogP contribution in [-0.2, 0) is 6.42 Å². The molecule has 4 rings (SSSR count). The maximum Gasteiger partial charge on any atom is 0.291 e. The van der Waals surface area contributed by atoms with E-state index in [0.717, 1.165) is 6.42 Å². The normalized spacial score (nSPS) is 17.8. The monoisotopic (exact) mass is 369 g/mol. The van der Waals surface area contributed by atoms with Gasteiger partial charge in [-0.15, -0.1) is 0 Å². The maximum atomic E-state index is 12.8. The van der Waals surface area contributed by atoms with Crippen molar-refractivity contribution in [3.63, 3.8) is 0 Å². The van der Waals surface area contributed by atoms with Gasteiger partial charge in [-0.3, -0.25) is 9.59 Å². The van der Waals surface area contributed by atoms with Gasteiger partial charge < -0.3 is 19.2 Å². The molecule has 0 unspecified atom stereocenters. The molecule has 0 saturated heterocycles. The number of Topliss-reactive ketones (excluding diaryl/α,β-unsaturated/α-hetero) is 1. The number of nitrogens with one attached hydrogen (secondary N) is 1. The fraction of sp³-hybridized carbons (Fsp3) is 0.429. The van der Waals surface area contributed by atoms with Crippen molar-refractivity contribution < 1.29 is 23.5 Å². The van der Waals surface area contributed by atoms with E-state index in [1.54, 1.807) is 25.1 Å². The van der Waals surface area contributed by atoms with Gasteiger partial charge in [0.15, 0.2) is 23.0 Å². The number of hydrogen-bond donors (Lipinski definition) is 1. The minimum atomic E-state index is -0.373. The van der Waals surface area contributed by atoms with Gasteiger partial charge in [0.25, 0.3) is 5.91 Å². The third-order valence-corrected chi connectivity index (χ3v) is 4.99. The zero-order chi connectivity index (χ0) is 19.2. The van der Waals surface area contributed by atoms with Crippen LogP contribution in [0.3, 0.4) is 0 Å². The molecule has 142 valence electrons. The molecule has 0 bridgehead atoms. The highest BCUT2D eigenvalue weighted by atomic mass is 16.5. The van der Waals surface area contributed by atoms with Crippen LogP contribution in [0.1, 0.15) is 58.9 Å². The number of carbonyl (C=O) groups is 2. The number of fused-ring (bicyclic) bond motifs is 2. The first-order chi connectivity index (χ1) is 12.8. The number of benzene rings is 1. The van der Waals surface area contributed by atoms with Crippen LogP contribution in [0.4, 0.5) is 5.69 Å². The van der Waals surface area contributed by atoms with E-state index < -0.39 is 0 Å². The van der Waals surface area contributed by atoms with Gasteiger partial charge in [0.2, 0.25) is 0 Å². The highest BCUT2D eigenvalue weighted by Crippen LogP contribution is 2.39. The minimum Gasteiger partial charge on any atom is -0.490 e. The largest absolute Gasteiger partial charge is 0.490 e. The van der Waals surface area contributed by atoms with Crippen LogP contribution in [0.2, 0.25) is 0 Å². The molecule has 27 heavy (non-hydrogen) atoms. The SMILES string of the molecule is Cc1c(C(=O)Nc2ccc3c(c2)OCCCO3)oc2c1C(=O)CC(C)(C)C2. The predicted molar refractivity (Wildman–Crippen MR) is 99.9 cm³/mol. The van der Waals surface area contributed by atoms with E-state index in [-0.39, 0.29) is 22.9 Å². The van der Waals surface area contributed by atoms with E-state index in [4.69, 9.17) is 13.9 Å². The van der Waals surface area contributed by atoms with Crippen LogP contribution in [0.15, 0.2) is 22.6 Å². The fourth-order valence-electron chi connectivity index (χ4n) is 3.73. The molecule has 0 atom stereocenters. The van der Waals surface area contributed by atoms with Crippen LogP contribution >= 0.6 is 0 Å². The molecule has 2 aliphatic rings. The van der Waals surface area contributed by atoms with Crippen molar-refractivity contribution in [2.75, 3.05) is 18.5 Å². The third-order valence-electron chi connectivity index (χ3n) is 4.99. The lowest BCUT2D eigenvalue weighted by Gasteiger charge is -2.27. The highest BCUT2D eigenvalue weighted by molar-refractivity contribution is 6.07. The van der Waals surface area contributed by atoms with Gasteiger partial charge in [-0.25, -0.2) is 0 Å². The first kappa shape index (κ1) is 17.6. The lowest BCUT2D eigenvalue weighted by Crippen LogP contribution is -2.26. The summed E-state index contributed by atoms with van der Waals surface area (Å²) >= 11 is 0. The summed E-state index contributed by atoms with van der Waals surface area (Å²) in [7, 11) is 0. The second-order valence-corrected chi connectivity index (χ2v) is 7.96. The number of hydrogen-bond acceptors (Lipinski definition) is 5. The van der Waals surface area contributed by atoms with E-state index in [2.05, 4.69) is 5.32 Å². The third kappa shape index (κ3) is 3.31. The molecule has 6 nitrogen and oxygen atoms in total. The second kappa shape index (κ2) is 6.44. The van der Waals surface area contributed by atoms with E-state index in [9.17, 15) is 9.59 Å². The first-order valence-electron chi connectivity index (χ1n) is 9.20. The minimum absolute atomic E-state index is 0.0390. The Hall–Kier alpha value is -2.76. The number of ether oxygens (including phenoxy) is 2. The van der Waals surface area contributed by atoms with E-state index in [0.29, 0.717) is 60.1 Å². The topological polar surface area (TPSA) is 77.8 Å². The molecular formula is C21H23NO5. The van der Waals surface area contributed by atoms with Crippen molar-refractivity contribution in [1.82, 2.24) is 0 Å². The molecule has 0 spiro atoms. The summed E-state index contributed by atoms with van der Waals surface area (Å²) in [6.45, 7) is 7.01. The van der Waals surface area contributed by atoms with Crippen molar-refractivity contribution >= 4 is 17.4 Å². The molecule has 2 heterocycles. The lowest BCUT2D eigenvalue weighted by molar-refractivity contribution is 0.0898. The summed E-state index contributed by atoms with van der Waals surface area (Å²) in [6.07, 6.45) is 1.92. The van der Waals surface area contributed by atoms with Crippen LogP contribution in [0.5, 0.6) is 11.5 Å². The average molecular weight is 369 g/mol. The number of carbonyl (C=O) groups excluding carboxylic acids is 2. The molecule has 1 aromatic carbocycles. The summed E-state index contributed by atoms with van der Waals surface area (Å²) in [4.78, 5) is 25.3. The number of furan rings is 1. The van der Waals surface area contributed by atoms with Gasteiger partial charge in [0.05, 0.1) is 18.8 Å². The Balaban J connectivity index is 1.60. The van der Waals surface area contributed by atoms with E-state index in [1.165, 1.54) is 0 Å². The molecule has 1 aliphatic heterocycles. The Kier molecular flexibility index (Phi) is 4.21. The second-order valence-electron chi connectivity index (χ2n) is 7.96. The Morgan fingerprint density at radius 1 is 1.11 bits per heavy atom. The maximum absolute atomic E-state index is 12.8. The van der Waals surface area contributed by atoms with Crippen molar-refractivity contribution in [3.05, 3.63) is 40.8 Å². The van der Waals surface area contributed by atoms with Crippen molar-refractivity contribution in [3.8, 4) is 11.5 Å². The Morgan fingerprint density at radius 2 is 1.85 bits per heavy atom. The van der Waals surface area contributed by atoms with Crippen LogP contribution < -0.4 is 14.8 Å². The molecule has 0 fully saturated rings. The molecule has 0 saturated carbocycles. The quantitative estimate of drug-likeness (QED) is 0.860. The zero-order valence-corrected chi connectivity index (χ0v) is 15.8. The lowest BCUT2D eigenvalue weighted by atomic mass is 9.76. The molecule has 1 aromatic heterocycles. The fourth-order valence-corrected chi connectivity index (χ4v) is 3.73. The molecule has 2 aromatic rings. The summed E-state index contributed by atoms with van der Waals surface area (Å²) in [6, 6.07) is 5.28. The van der Waals surface area contributed by atoms with E-state index in [1.807, 2.05) is 13.8 Å². The summed E-state index contributed by atoms with van der Waals surface area (Å²) < 4.78 is 17.1. The Morgan fingerprint density at radius 3 is 2.63 bits per heavy atom. The molecule has 0 radical (unpaired) electrons. The number of ketones is 1. The molecule has 1 amide bonds. The smallest absolute Gasteiger partial charge is 0.291 e. The van der Waals surface area contributed by atoms with Crippen molar-refractivity contribution in [2.45, 2.75) is 40.0 Å². The van der Waals surface area contributed by atoms with Gasteiger partial charge >= 0.3 is 0 Å². The Labute approximate surface area is 157 Å². The van der Waals surface area contributed by atoms with Crippen LogP contribution in [-0.4, -0.2) is 24.9 Å². The van der Waals surface area contributed by atoms with Crippen molar-refractivity contribution in [2.24, 2.45) is 5.41 Å².